The molecule has 0 saturated heterocycles. The van der Waals surface area contributed by atoms with Crippen molar-refractivity contribution in [1.29, 1.82) is 0 Å². The summed E-state index contributed by atoms with van der Waals surface area (Å²) in [4.78, 5) is 4.25. The van der Waals surface area contributed by atoms with Gasteiger partial charge in [-0.25, -0.2) is 4.39 Å². The minimum Gasteiger partial charge on any atom is -0.489 e. The van der Waals surface area contributed by atoms with E-state index >= 15 is 0 Å². The number of aliphatic imine (C=N–C) groups is 1. The van der Waals surface area contributed by atoms with Gasteiger partial charge in [0.1, 0.15) is 29.3 Å². The molecule has 0 radical (unpaired) electrons. The lowest BCUT2D eigenvalue weighted by Crippen LogP contribution is -2.42. The predicted octanol–water partition coefficient (Wildman–Crippen LogP) is 2.32. The van der Waals surface area contributed by atoms with Crippen LogP contribution in [0, 0.1) is 5.82 Å². The molecule has 1 atom stereocenters. The van der Waals surface area contributed by atoms with E-state index in [9.17, 15) is 4.39 Å². The highest BCUT2D eigenvalue weighted by atomic mass is 19.1. The first kappa shape index (κ1) is 20.1. The highest BCUT2D eigenvalue weighted by Crippen LogP contribution is 2.14. The van der Waals surface area contributed by atoms with E-state index in [2.05, 4.69) is 30.4 Å². The van der Waals surface area contributed by atoms with Crippen LogP contribution in [-0.2, 0) is 19.4 Å². The minimum absolute atomic E-state index is 0.0868. The van der Waals surface area contributed by atoms with Gasteiger partial charge in [-0.15, -0.1) is 10.2 Å². The van der Waals surface area contributed by atoms with Crippen molar-refractivity contribution < 1.29 is 9.13 Å². The normalized spacial score (nSPS) is 15.5. The van der Waals surface area contributed by atoms with Crippen molar-refractivity contribution in [3.05, 3.63) is 41.7 Å². The van der Waals surface area contributed by atoms with Gasteiger partial charge in [-0.1, -0.05) is 6.42 Å². The molecule has 1 aromatic heterocycles. The van der Waals surface area contributed by atoms with Crippen LogP contribution in [0.2, 0.25) is 0 Å². The molecule has 0 aliphatic carbocycles. The maximum Gasteiger partial charge on any atom is 0.191 e. The van der Waals surface area contributed by atoms with Gasteiger partial charge in [-0.3, -0.25) is 4.99 Å². The monoisotopic (exact) mass is 388 g/mol. The van der Waals surface area contributed by atoms with Gasteiger partial charge in [-0.05, 0) is 44.0 Å². The van der Waals surface area contributed by atoms with Crippen LogP contribution in [0.5, 0.6) is 5.75 Å². The molecule has 2 N–H and O–H groups in total. The largest absolute Gasteiger partial charge is 0.489 e. The van der Waals surface area contributed by atoms with E-state index in [1.807, 2.05) is 6.92 Å². The molecule has 0 spiro atoms. The summed E-state index contributed by atoms with van der Waals surface area (Å²) in [5.41, 5.74) is 0. The van der Waals surface area contributed by atoms with Crippen molar-refractivity contribution in [1.82, 2.24) is 25.4 Å². The number of nitrogens with one attached hydrogen (secondary N) is 2. The molecule has 1 aromatic carbocycles. The molecule has 0 amide bonds. The second kappa shape index (κ2) is 10.1. The maximum atomic E-state index is 13.0. The van der Waals surface area contributed by atoms with Crippen molar-refractivity contribution in [2.24, 2.45) is 4.99 Å². The molecule has 8 heteroatoms. The molecule has 0 bridgehead atoms. The van der Waals surface area contributed by atoms with Crippen LogP contribution in [0.15, 0.2) is 29.3 Å². The summed E-state index contributed by atoms with van der Waals surface area (Å²) in [7, 11) is 1.74. The van der Waals surface area contributed by atoms with Crippen molar-refractivity contribution in [3.63, 3.8) is 0 Å². The zero-order valence-corrected chi connectivity index (χ0v) is 16.6. The zero-order valence-electron chi connectivity index (χ0n) is 16.6. The Bertz CT molecular complexity index is 774. The molecular weight excluding hydrogens is 359 g/mol. The summed E-state index contributed by atoms with van der Waals surface area (Å²) in [6.45, 7) is 4.28. The Morgan fingerprint density at radius 2 is 2.04 bits per heavy atom. The summed E-state index contributed by atoms with van der Waals surface area (Å²) < 4.78 is 21.0. The van der Waals surface area contributed by atoms with Crippen LogP contribution in [0.1, 0.15) is 37.8 Å². The number of ether oxygens (including phenoxy) is 1. The highest BCUT2D eigenvalue weighted by molar-refractivity contribution is 5.79. The van der Waals surface area contributed by atoms with Crippen LogP contribution in [-0.4, -0.2) is 47.0 Å². The van der Waals surface area contributed by atoms with E-state index in [-0.39, 0.29) is 11.9 Å². The molecule has 28 heavy (non-hydrogen) atoms. The van der Waals surface area contributed by atoms with Crippen LogP contribution < -0.4 is 15.4 Å². The molecule has 2 aromatic rings. The fourth-order valence-electron chi connectivity index (χ4n) is 3.27. The first-order valence-corrected chi connectivity index (χ1v) is 9.93. The quantitative estimate of drug-likeness (QED) is 0.562. The zero-order chi connectivity index (χ0) is 19.8. The highest BCUT2D eigenvalue weighted by Gasteiger charge is 2.14. The minimum atomic E-state index is -0.271. The lowest BCUT2D eigenvalue weighted by Gasteiger charge is -2.17. The third kappa shape index (κ3) is 5.68. The molecular formula is C20H29FN6O. The molecule has 0 saturated carbocycles. The number of benzene rings is 1. The van der Waals surface area contributed by atoms with Gasteiger partial charge >= 0.3 is 0 Å². The van der Waals surface area contributed by atoms with Crippen LogP contribution in [0.4, 0.5) is 4.39 Å². The van der Waals surface area contributed by atoms with Crippen LogP contribution in [0.3, 0.4) is 0 Å². The third-order valence-electron chi connectivity index (χ3n) is 4.76. The van der Waals surface area contributed by atoms with Crippen LogP contribution >= 0.6 is 0 Å². The smallest absolute Gasteiger partial charge is 0.191 e. The second-order valence-corrected chi connectivity index (χ2v) is 7.01. The summed E-state index contributed by atoms with van der Waals surface area (Å²) in [5, 5.41) is 15.3. The molecule has 1 aliphatic rings. The summed E-state index contributed by atoms with van der Waals surface area (Å²) in [5.74, 6) is 3.23. The molecule has 3 rings (SSSR count). The Hall–Kier alpha value is -2.64. The van der Waals surface area contributed by atoms with E-state index in [0.717, 1.165) is 37.6 Å². The van der Waals surface area contributed by atoms with E-state index in [1.54, 1.807) is 19.2 Å². The average molecular weight is 388 g/mol. The fourth-order valence-corrected chi connectivity index (χ4v) is 3.27. The maximum absolute atomic E-state index is 13.0. The Kier molecular flexibility index (Phi) is 7.22. The Balaban J connectivity index is 1.41. The average Bonchev–Trinajstić information content (AvgIpc) is 2.92. The first-order chi connectivity index (χ1) is 13.7. The van der Waals surface area contributed by atoms with Gasteiger partial charge in [0, 0.05) is 33.0 Å². The molecule has 0 fully saturated rings. The number of hydrogen-bond donors (Lipinski definition) is 2. The number of aromatic nitrogens is 3. The Labute approximate surface area is 165 Å². The SMILES string of the molecule is CN=C(NCCc1nnc2n1CCCCC2)NCC(C)Oc1ccc(F)cc1. The van der Waals surface area contributed by atoms with Crippen molar-refractivity contribution in [3.8, 4) is 5.75 Å². The summed E-state index contributed by atoms with van der Waals surface area (Å²) in [6, 6.07) is 6.03. The Morgan fingerprint density at radius 3 is 2.82 bits per heavy atom. The lowest BCUT2D eigenvalue weighted by molar-refractivity contribution is 0.223. The molecule has 1 aliphatic heterocycles. The van der Waals surface area contributed by atoms with Gasteiger partial charge in [0.15, 0.2) is 5.96 Å². The van der Waals surface area contributed by atoms with Crippen molar-refractivity contribution >= 4 is 5.96 Å². The van der Waals surface area contributed by atoms with E-state index < -0.39 is 0 Å². The molecule has 152 valence electrons. The number of aryl methyl sites for hydroxylation is 1. The number of fused-ring (bicyclic) bond motifs is 1. The van der Waals surface area contributed by atoms with Gasteiger partial charge in [0.2, 0.25) is 0 Å². The molecule has 2 heterocycles. The second-order valence-electron chi connectivity index (χ2n) is 7.01. The van der Waals surface area contributed by atoms with E-state index in [4.69, 9.17) is 4.74 Å². The predicted molar refractivity (Wildman–Crippen MR) is 107 cm³/mol. The van der Waals surface area contributed by atoms with Gasteiger partial charge < -0.3 is 19.9 Å². The third-order valence-corrected chi connectivity index (χ3v) is 4.76. The van der Waals surface area contributed by atoms with Crippen molar-refractivity contribution in [2.75, 3.05) is 20.1 Å². The first-order valence-electron chi connectivity index (χ1n) is 9.93. The summed E-state index contributed by atoms with van der Waals surface area (Å²) >= 11 is 0. The number of guanidine groups is 1. The standard InChI is InChI=1S/C20H29FN6O/c1-15(28-17-9-7-16(21)8-10-17)14-24-20(22-2)23-12-11-19-26-25-18-6-4-3-5-13-27(18)19/h7-10,15H,3-6,11-14H2,1-2H3,(H2,22,23,24). The van der Waals surface area contributed by atoms with E-state index in [0.29, 0.717) is 18.3 Å². The molecule has 1 unspecified atom stereocenters. The topological polar surface area (TPSA) is 76.4 Å². The van der Waals surface area contributed by atoms with Crippen LogP contribution in [0.25, 0.3) is 0 Å². The van der Waals surface area contributed by atoms with Gasteiger partial charge in [-0.2, -0.15) is 0 Å². The van der Waals surface area contributed by atoms with E-state index in [1.165, 1.54) is 31.4 Å². The van der Waals surface area contributed by atoms with Gasteiger partial charge in [0.25, 0.3) is 0 Å². The van der Waals surface area contributed by atoms with Gasteiger partial charge in [0.05, 0.1) is 6.54 Å². The number of rotatable bonds is 7. The number of nitrogens with zero attached hydrogens (tertiary/aromatic N) is 4. The summed E-state index contributed by atoms with van der Waals surface area (Å²) in [6.07, 6.45) is 5.39. The number of halogens is 1. The number of hydrogen-bond acceptors (Lipinski definition) is 4. The Morgan fingerprint density at radius 1 is 1.21 bits per heavy atom. The molecule has 7 nitrogen and oxygen atoms in total. The fraction of sp³-hybridized carbons (Fsp3) is 0.550. The lowest BCUT2D eigenvalue weighted by atomic mass is 10.2. The van der Waals surface area contributed by atoms with Crippen molar-refractivity contribution in [2.45, 2.75) is 51.7 Å².